The highest BCUT2D eigenvalue weighted by Gasteiger charge is 2.17. The lowest BCUT2D eigenvalue weighted by Crippen LogP contribution is -2.24. The van der Waals surface area contributed by atoms with E-state index in [4.69, 9.17) is 4.74 Å². The zero-order chi connectivity index (χ0) is 25.7. The van der Waals surface area contributed by atoms with Crippen LogP contribution in [0.15, 0.2) is 65.8 Å². The highest BCUT2D eigenvalue weighted by atomic mass is 19.1. The lowest BCUT2D eigenvalue weighted by molar-refractivity contribution is 0.0945. The number of pyridine rings is 2. The third-order valence-corrected chi connectivity index (χ3v) is 5.60. The van der Waals surface area contributed by atoms with Gasteiger partial charge in [0, 0.05) is 31.8 Å². The van der Waals surface area contributed by atoms with Crippen LogP contribution in [-0.4, -0.2) is 32.3 Å². The summed E-state index contributed by atoms with van der Waals surface area (Å²) in [5.74, 6) is -1.33. The van der Waals surface area contributed by atoms with Gasteiger partial charge in [0.25, 0.3) is 11.5 Å². The zero-order valence-corrected chi connectivity index (χ0v) is 19.9. The second-order valence-corrected chi connectivity index (χ2v) is 8.32. The topological polar surface area (TPSA) is 91.0 Å². The number of halogens is 2. The van der Waals surface area contributed by atoms with Crippen molar-refractivity contribution in [1.82, 2.24) is 24.6 Å². The number of methoxy groups -OCH3 is 1. The highest BCUT2D eigenvalue weighted by molar-refractivity contribution is 5.95. The fraction of sp³-hybridized carbons (Fsp3) is 0.231. The first-order chi connectivity index (χ1) is 17.3. The summed E-state index contributed by atoms with van der Waals surface area (Å²) in [4.78, 5) is 28.7. The van der Waals surface area contributed by atoms with Crippen LogP contribution >= 0.6 is 0 Å². The molecule has 0 unspecified atom stereocenters. The molecule has 0 saturated heterocycles. The fourth-order valence-electron chi connectivity index (χ4n) is 3.71. The van der Waals surface area contributed by atoms with E-state index in [1.165, 1.54) is 30.1 Å². The van der Waals surface area contributed by atoms with Crippen LogP contribution in [-0.2, 0) is 31.0 Å². The molecule has 0 aliphatic carbocycles. The Labute approximate surface area is 206 Å². The molecule has 4 aromatic rings. The summed E-state index contributed by atoms with van der Waals surface area (Å²) in [6.45, 7) is 2.35. The second-order valence-electron chi connectivity index (χ2n) is 8.32. The van der Waals surface area contributed by atoms with Crippen molar-refractivity contribution in [3.8, 4) is 0 Å². The molecule has 0 atom stereocenters. The maximum Gasteiger partial charge on any atom is 0.255 e. The van der Waals surface area contributed by atoms with Crippen LogP contribution in [0.2, 0.25) is 0 Å². The van der Waals surface area contributed by atoms with Gasteiger partial charge in [-0.15, -0.1) is 0 Å². The number of amides is 1. The summed E-state index contributed by atoms with van der Waals surface area (Å²) in [7, 11) is 1.51. The second kappa shape index (κ2) is 11.0. The zero-order valence-electron chi connectivity index (χ0n) is 19.9. The van der Waals surface area contributed by atoms with Gasteiger partial charge in [-0.1, -0.05) is 24.3 Å². The molecule has 10 heteroatoms. The first-order valence-electron chi connectivity index (χ1n) is 11.2. The molecule has 0 radical (unpaired) electrons. The van der Waals surface area contributed by atoms with E-state index in [0.29, 0.717) is 23.4 Å². The molecule has 1 amide bonds. The Morgan fingerprint density at radius 3 is 2.44 bits per heavy atom. The summed E-state index contributed by atoms with van der Waals surface area (Å²) in [5, 5.41) is 7.16. The van der Waals surface area contributed by atoms with Gasteiger partial charge in [-0.2, -0.15) is 5.10 Å². The van der Waals surface area contributed by atoms with Crippen LogP contribution in [0.5, 0.6) is 0 Å². The standard InChI is InChI=1S/C26H25F2N5O3/c1-17-9-10-29-22(25(17)28)11-30-26(35)21-15-33(31-23(21)16-36-2)13-19-5-3-18(4-6-19)12-32-14-20(27)7-8-24(32)34/h3-10,14-15H,11-13,16H2,1-2H3,(H,30,35). The number of ether oxygens (including phenoxy) is 1. The van der Waals surface area contributed by atoms with E-state index in [1.807, 2.05) is 24.3 Å². The van der Waals surface area contributed by atoms with Crippen molar-refractivity contribution in [3.63, 3.8) is 0 Å². The van der Waals surface area contributed by atoms with Crippen molar-refractivity contribution < 1.29 is 18.3 Å². The smallest absolute Gasteiger partial charge is 0.255 e. The number of carbonyl (C=O) groups excluding carboxylic acids is 1. The molecule has 0 spiro atoms. The predicted octanol–water partition coefficient (Wildman–Crippen LogP) is 3.20. The quantitative estimate of drug-likeness (QED) is 0.387. The van der Waals surface area contributed by atoms with Crippen LogP contribution in [0.1, 0.15) is 38.4 Å². The van der Waals surface area contributed by atoms with Crippen molar-refractivity contribution in [2.45, 2.75) is 33.2 Å². The summed E-state index contributed by atoms with van der Waals surface area (Å²) in [5.41, 5.74) is 2.86. The summed E-state index contributed by atoms with van der Waals surface area (Å²) >= 11 is 0. The minimum Gasteiger partial charge on any atom is -0.378 e. The number of rotatable bonds is 9. The molecule has 3 aromatic heterocycles. The molecule has 0 bridgehead atoms. The summed E-state index contributed by atoms with van der Waals surface area (Å²) in [6.07, 6.45) is 4.28. The highest BCUT2D eigenvalue weighted by Crippen LogP contribution is 2.14. The minimum atomic E-state index is -0.475. The van der Waals surface area contributed by atoms with E-state index in [2.05, 4.69) is 15.4 Å². The third kappa shape index (κ3) is 5.89. The number of carbonyl (C=O) groups is 1. The van der Waals surface area contributed by atoms with Crippen LogP contribution in [0.25, 0.3) is 0 Å². The third-order valence-electron chi connectivity index (χ3n) is 5.60. The van der Waals surface area contributed by atoms with E-state index in [0.717, 1.165) is 17.2 Å². The van der Waals surface area contributed by atoms with Gasteiger partial charge in [-0.05, 0) is 35.7 Å². The maximum absolute atomic E-state index is 14.2. The number of aromatic nitrogens is 4. The minimum absolute atomic E-state index is 0.0557. The van der Waals surface area contributed by atoms with E-state index < -0.39 is 17.5 Å². The monoisotopic (exact) mass is 493 g/mol. The molecular formula is C26H25F2N5O3. The van der Waals surface area contributed by atoms with Gasteiger partial charge in [0.2, 0.25) is 0 Å². The van der Waals surface area contributed by atoms with Crippen molar-refractivity contribution in [3.05, 3.63) is 117 Å². The van der Waals surface area contributed by atoms with Crippen molar-refractivity contribution in [2.75, 3.05) is 7.11 Å². The first-order valence-corrected chi connectivity index (χ1v) is 11.2. The Balaban J connectivity index is 1.45. The number of nitrogens with one attached hydrogen (secondary N) is 1. The van der Waals surface area contributed by atoms with Gasteiger partial charge in [0.1, 0.15) is 17.3 Å². The van der Waals surface area contributed by atoms with Crippen molar-refractivity contribution in [2.24, 2.45) is 0 Å². The lowest BCUT2D eigenvalue weighted by Gasteiger charge is -2.07. The number of hydrogen-bond acceptors (Lipinski definition) is 5. The van der Waals surface area contributed by atoms with Gasteiger partial charge in [0.15, 0.2) is 0 Å². The molecule has 0 aliphatic rings. The van der Waals surface area contributed by atoms with Gasteiger partial charge in [-0.25, -0.2) is 8.78 Å². The maximum atomic E-state index is 14.2. The Morgan fingerprint density at radius 2 is 1.72 bits per heavy atom. The first kappa shape index (κ1) is 24.9. The van der Waals surface area contributed by atoms with Crippen LogP contribution < -0.4 is 10.9 Å². The summed E-state index contributed by atoms with van der Waals surface area (Å²) < 4.78 is 35.8. The van der Waals surface area contributed by atoms with Crippen molar-refractivity contribution >= 4 is 5.91 Å². The Bertz CT molecular complexity index is 1430. The van der Waals surface area contributed by atoms with Gasteiger partial charge in [0.05, 0.1) is 37.5 Å². The summed E-state index contributed by atoms with van der Waals surface area (Å²) in [6, 6.07) is 11.4. The Kier molecular flexibility index (Phi) is 7.65. The SMILES string of the molecule is COCc1nn(Cc2ccc(Cn3cc(F)ccc3=O)cc2)cc1C(=O)NCc1nccc(C)c1F. The van der Waals surface area contributed by atoms with E-state index in [1.54, 1.807) is 23.9 Å². The molecule has 0 aliphatic heterocycles. The predicted molar refractivity (Wildman–Crippen MR) is 128 cm³/mol. The molecular weight excluding hydrogens is 468 g/mol. The van der Waals surface area contributed by atoms with E-state index >= 15 is 0 Å². The van der Waals surface area contributed by atoms with Gasteiger partial charge >= 0.3 is 0 Å². The van der Waals surface area contributed by atoms with E-state index in [-0.39, 0.29) is 30.9 Å². The van der Waals surface area contributed by atoms with Crippen LogP contribution in [0, 0.1) is 18.6 Å². The number of benzene rings is 1. The molecule has 36 heavy (non-hydrogen) atoms. The van der Waals surface area contributed by atoms with E-state index in [9.17, 15) is 18.4 Å². The number of hydrogen-bond donors (Lipinski definition) is 1. The molecule has 8 nitrogen and oxygen atoms in total. The number of aryl methyl sites for hydroxylation is 1. The normalized spacial score (nSPS) is 11.0. The van der Waals surface area contributed by atoms with Crippen LogP contribution in [0.3, 0.4) is 0 Å². The fourth-order valence-corrected chi connectivity index (χ4v) is 3.71. The van der Waals surface area contributed by atoms with Gasteiger partial charge < -0.3 is 14.6 Å². The molecule has 0 saturated carbocycles. The lowest BCUT2D eigenvalue weighted by atomic mass is 10.1. The van der Waals surface area contributed by atoms with Crippen LogP contribution in [0.4, 0.5) is 8.78 Å². The van der Waals surface area contributed by atoms with Gasteiger partial charge in [-0.3, -0.25) is 19.3 Å². The Morgan fingerprint density at radius 1 is 1.00 bits per heavy atom. The van der Waals surface area contributed by atoms with Crippen molar-refractivity contribution in [1.29, 1.82) is 0 Å². The largest absolute Gasteiger partial charge is 0.378 e. The molecule has 0 fully saturated rings. The average molecular weight is 494 g/mol. The average Bonchev–Trinajstić information content (AvgIpc) is 3.26. The Hall–Kier alpha value is -4.18. The molecule has 3 heterocycles. The molecule has 4 rings (SSSR count). The molecule has 1 N–H and O–H groups in total. The molecule has 1 aromatic carbocycles. The number of nitrogens with zero attached hydrogens (tertiary/aromatic N) is 4. The molecule has 186 valence electrons.